The number of fused-ring (bicyclic) bond motifs is 1. The second-order valence-corrected chi connectivity index (χ2v) is 10.8. The predicted molar refractivity (Wildman–Crippen MR) is 169 cm³/mol. The zero-order valence-corrected chi connectivity index (χ0v) is 24.2. The topological polar surface area (TPSA) is 143 Å². The number of benzene rings is 3. The average molecular weight is 576 g/mol. The molecule has 0 bridgehead atoms. The summed E-state index contributed by atoms with van der Waals surface area (Å²) >= 11 is 0. The number of hydrogen-bond acceptors (Lipinski definition) is 8. The van der Waals surface area contributed by atoms with Crippen molar-refractivity contribution in [3.05, 3.63) is 90.3 Å². The first-order chi connectivity index (χ1) is 20.7. The van der Waals surface area contributed by atoms with Gasteiger partial charge in [-0.3, -0.25) is 14.3 Å². The first kappa shape index (κ1) is 27.7. The maximum Gasteiger partial charge on any atom is 0.251 e. The van der Waals surface area contributed by atoms with Crippen LogP contribution in [0.4, 0.5) is 34.5 Å². The van der Waals surface area contributed by atoms with Gasteiger partial charge in [0.25, 0.3) is 5.91 Å². The fourth-order valence-electron chi connectivity index (χ4n) is 5.15. The van der Waals surface area contributed by atoms with Crippen molar-refractivity contribution in [2.45, 2.75) is 25.8 Å². The van der Waals surface area contributed by atoms with E-state index >= 15 is 0 Å². The van der Waals surface area contributed by atoms with Crippen LogP contribution in [-0.2, 0) is 11.8 Å². The van der Waals surface area contributed by atoms with E-state index in [0.29, 0.717) is 35.7 Å². The van der Waals surface area contributed by atoms with E-state index < -0.39 is 0 Å². The van der Waals surface area contributed by atoms with Crippen LogP contribution in [0, 0.1) is 12.8 Å². The molecule has 6 rings (SSSR count). The molecule has 1 aliphatic carbocycles. The lowest BCUT2D eigenvalue weighted by Gasteiger charge is -2.34. The first-order valence-electron chi connectivity index (χ1n) is 14.1. The van der Waals surface area contributed by atoms with Crippen molar-refractivity contribution in [1.29, 1.82) is 0 Å². The summed E-state index contributed by atoms with van der Waals surface area (Å²) in [6.45, 7) is 2.05. The van der Waals surface area contributed by atoms with Gasteiger partial charge in [0.05, 0.1) is 16.9 Å². The van der Waals surface area contributed by atoms with Crippen molar-refractivity contribution in [2.75, 3.05) is 28.3 Å². The molecule has 11 heteroatoms. The van der Waals surface area contributed by atoms with E-state index in [1.165, 1.54) is 0 Å². The van der Waals surface area contributed by atoms with Crippen LogP contribution in [0.3, 0.4) is 0 Å². The fraction of sp³-hybridized carbons (Fsp3) is 0.219. The van der Waals surface area contributed by atoms with E-state index in [2.05, 4.69) is 50.1 Å². The maximum absolute atomic E-state index is 12.8. The van der Waals surface area contributed by atoms with Gasteiger partial charge in [0.15, 0.2) is 0 Å². The molecule has 0 saturated heterocycles. The summed E-state index contributed by atoms with van der Waals surface area (Å²) in [5.41, 5.74) is 11.3. The number of nitrogens with one attached hydrogen (secondary N) is 3. The van der Waals surface area contributed by atoms with Gasteiger partial charge in [-0.1, -0.05) is 12.1 Å². The molecule has 3 aromatic carbocycles. The van der Waals surface area contributed by atoms with E-state index in [-0.39, 0.29) is 23.8 Å². The third-order valence-electron chi connectivity index (χ3n) is 7.95. The Kier molecular flexibility index (Phi) is 7.37. The standard InChI is InChI=1S/C32H33N9O2/c1-19-25-13-12-24(18-28(25)39-41(19)3)40(2)29-14-15-34-32(38-29)36-22-10-8-20(9-11-22)30(42)35-23-16-21(17-23)31(43)37-27-7-5-4-6-26(27)33/h4-15,18,21,23H,16-17,33H2,1-3H3,(H,35,42)(H,37,43)(H,34,36,38). The molecular formula is C32H33N9O2. The highest BCUT2D eigenvalue weighted by Gasteiger charge is 2.35. The number of amides is 2. The number of nitrogens with two attached hydrogens (primary N) is 1. The van der Waals surface area contributed by atoms with Crippen molar-refractivity contribution in [1.82, 2.24) is 25.1 Å². The van der Waals surface area contributed by atoms with Crippen LogP contribution in [0.25, 0.3) is 10.9 Å². The number of nitrogens with zero attached hydrogens (tertiary/aromatic N) is 5. The molecule has 1 fully saturated rings. The van der Waals surface area contributed by atoms with Crippen molar-refractivity contribution >= 4 is 57.2 Å². The van der Waals surface area contributed by atoms with E-state index in [0.717, 1.165) is 33.8 Å². The van der Waals surface area contributed by atoms with E-state index in [9.17, 15) is 9.59 Å². The van der Waals surface area contributed by atoms with E-state index in [1.54, 1.807) is 30.5 Å². The Balaban J connectivity index is 1.03. The molecule has 11 nitrogen and oxygen atoms in total. The Bertz CT molecular complexity index is 1810. The van der Waals surface area contributed by atoms with Crippen molar-refractivity contribution in [2.24, 2.45) is 13.0 Å². The molecule has 0 unspecified atom stereocenters. The molecule has 5 N–H and O–H groups in total. The lowest BCUT2D eigenvalue weighted by molar-refractivity contribution is -0.122. The van der Waals surface area contributed by atoms with Gasteiger partial charge in [-0.15, -0.1) is 0 Å². The molecular weight excluding hydrogens is 542 g/mol. The molecule has 2 heterocycles. The minimum atomic E-state index is -0.178. The predicted octanol–water partition coefficient (Wildman–Crippen LogP) is 4.91. The molecule has 0 radical (unpaired) electrons. The van der Waals surface area contributed by atoms with Gasteiger partial charge in [-0.05, 0) is 80.4 Å². The number of hydrogen-bond donors (Lipinski definition) is 4. The molecule has 5 aromatic rings. The maximum atomic E-state index is 12.8. The highest BCUT2D eigenvalue weighted by molar-refractivity contribution is 5.97. The Morgan fingerprint density at radius 2 is 1.79 bits per heavy atom. The van der Waals surface area contributed by atoms with Gasteiger partial charge in [-0.2, -0.15) is 10.1 Å². The molecule has 218 valence electrons. The lowest BCUT2D eigenvalue weighted by atomic mass is 9.79. The third-order valence-corrected chi connectivity index (χ3v) is 7.95. The summed E-state index contributed by atoms with van der Waals surface area (Å²) in [5, 5.41) is 14.8. The van der Waals surface area contributed by atoms with Crippen LogP contribution < -0.4 is 26.6 Å². The van der Waals surface area contributed by atoms with Crippen molar-refractivity contribution < 1.29 is 9.59 Å². The minimum Gasteiger partial charge on any atom is -0.397 e. The van der Waals surface area contributed by atoms with Crippen molar-refractivity contribution in [3.8, 4) is 0 Å². The molecule has 2 amide bonds. The van der Waals surface area contributed by atoms with Crippen molar-refractivity contribution in [3.63, 3.8) is 0 Å². The number of carbonyl (C=O) groups is 2. The van der Waals surface area contributed by atoms with E-state index in [1.807, 2.05) is 60.1 Å². The van der Waals surface area contributed by atoms with Gasteiger partial charge in [0.1, 0.15) is 5.82 Å². The van der Waals surface area contributed by atoms with Crippen LogP contribution in [0.15, 0.2) is 79.0 Å². The van der Waals surface area contributed by atoms with Crippen LogP contribution in [0.1, 0.15) is 28.9 Å². The number of aromatic nitrogens is 4. The highest BCUT2D eigenvalue weighted by Crippen LogP contribution is 2.30. The summed E-state index contributed by atoms with van der Waals surface area (Å²) in [7, 11) is 3.89. The number of anilines is 6. The SMILES string of the molecule is Cc1c2ccc(N(C)c3ccnc(Nc4ccc(C(=O)NC5CC(C(=O)Nc6ccccc6N)C5)cc4)n3)cc2nn1C. The summed E-state index contributed by atoms with van der Waals surface area (Å²) in [5.74, 6) is 0.740. The summed E-state index contributed by atoms with van der Waals surface area (Å²) in [4.78, 5) is 36.3. The number of para-hydroxylation sites is 2. The first-order valence-corrected chi connectivity index (χ1v) is 14.1. The number of rotatable bonds is 8. The molecule has 2 aromatic heterocycles. The van der Waals surface area contributed by atoms with Crippen LogP contribution in [0.2, 0.25) is 0 Å². The Labute approximate surface area is 249 Å². The number of nitrogen functional groups attached to an aromatic ring is 1. The normalized spacial score (nSPS) is 15.9. The molecule has 1 aliphatic rings. The second kappa shape index (κ2) is 11.4. The number of carbonyl (C=O) groups excluding carboxylic acids is 2. The van der Waals surface area contributed by atoms with Gasteiger partial charge >= 0.3 is 0 Å². The average Bonchev–Trinajstić information content (AvgIpc) is 3.28. The third kappa shape index (κ3) is 5.82. The lowest BCUT2D eigenvalue weighted by Crippen LogP contribution is -2.48. The zero-order valence-electron chi connectivity index (χ0n) is 24.2. The second-order valence-electron chi connectivity index (χ2n) is 10.8. The Morgan fingerprint density at radius 3 is 2.56 bits per heavy atom. The monoisotopic (exact) mass is 575 g/mol. The summed E-state index contributed by atoms with van der Waals surface area (Å²) in [6.07, 6.45) is 2.87. The Morgan fingerprint density at radius 1 is 1.02 bits per heavy atom. The highest BCUT2D eigenvalue weighted by atomic mass is 16.2. The molecule has 0 spiro atoms. The van der Waals surface area contributed by atoms with Crippen LogP contribution in [-0.4, -0.2) is 44.7 Å². The number of aryl methyl sites for hydroxylation is 2. The molecule has 43 heavy (non-hydrogen) atoms. The molecule has 0 atom stereocenters. The molecule has 1 saturated carbocycles. The molecule has 0 aliphatic heterocycles. The quantitative estimate of drug-likeness (QED) is 0.191. The van der Waals surface area contributed by atoms with Crippen LogP contribution >= 0.6 is 0 Å². The van der Waals surface area contributed by atoms with Gasteiger partial charge in [-0.25, -0.2) is 4.98 Å². The summed E-state index contributed by atoms with van der Waals surface area (Å²) in [6, 6.07) is 22.2. The van der Waals surface area contributed by atoms with Crippen LogP contribution in [0.5, 0.6) is 0 Å². The van der Waals surface area contributed by atoms with Gasteiger partial charge < -0.3 is 26.6 Å². The van der Waals surface area contributed by atoms with Gasteiger partial charge in [0, 0.05) is 60.3 Å². The van der Waals surface area contributed by atoms with Gasteiger partial charge in [0.2, 0.25) is 11.9 Å². The largest absolute Gasteiger partial charge is 0.397 e. The van der Waals surface area contributed by atoms with E-state index in [4.69, 9.17) is 5.73 Å². The zero-order chi connectivity index (χ0) is 30.1. The summed E-state index contributed by atoms with van der Waals surface area (Å²) < 4.78 is 1.88. The minimum absolute atomic E-state index is 0.0512. The smallest absolute Gasteiger partial charge is 0.251 e. The Hall–Kier alpha value is -5.45. The fourth-order valence-corrected chi connectivity index (χ4v) is 5.15.